The van der Waals surface area contributed by atoms with Crippen LogP contribution < -0.4 is 10.6 Å². The molecule has 0 atom stereocenters. The fourth-order valence-electron chi connectivity index (χ4n) is 3.81. The van der Waals surface area contributed by atoms with E-state index >= 15 is 0 Å². The number of carbonyl (C=O) groups is 1. The molecule has 3 aromatic carbocycles. The van der Waals surface area contributed by atoms with Crippen LogP contribution in [0.1, 0.15) is 21.7 Å². The fourth-order valence-corrected chi connectivity index (χ4v) is 4.02. The van der Waals surface area contributed by atoms with Gasteiger partial charge in [0.25, 0.3) is 11.6 Å². The lowest BCUT2D eigenvalue weighted by molar-refractivity contribution is -0.384. The molecule has 2 aromatic heterocycles. The molecule has 0 radical (unpaired) electrons. The predicted octanol–water partition coefficient (Wildman–Crippen LogP) is 6.41. The van der Waals surface area contributed by atoms with Gasteiger partial charge in [-0.05, 0) is 79.7 Å². The molecule has 0 spiro atoms. The van der Waals surface area contributed by atoms with Gasteiger partial charge in [-0.3, -0.25) is 20.2 Å². The number of hydrogen-bond acceptors (Lipinski definition) is 7. The second kappa shape index (κ2) is 9.67. The number of carbonyl (C=O) groups excluding carboxylic acids is 1. The number of aryl methyl sites for hydroxylation is 2. The highest BCUT2D eigenvalue weighted by atomic mass is 32.1. The molecule has 0 aliphatic carbocycles. The Labute approximate surface area is 216 Å². The minimum Gasteiger partial charge on any atom is -0.451 e. The summed E-state index contributed by atoms with van der Waals surface area (Å²) < 4.78 is 11.5. The normalized spacial score (nSPS) is 10.9. The second-order valence-electron chi connectivity index (χ2n) is 8.37. The Morgan fingerprint density at radius 1 is 1.00 bits per heavy atom. The summed E-state index contributed by atoms with van der Waals surface area (Å²) in [6.07, 6.45) is 0. The number of thiocarbonyl (C=S) groups is 1. The van der Waals surface area contributed by atoms with Crippen molar-refractivity contribution in [1.29, 1.82) is 0 Å². The van der Waals surface area contributed by atoms with Crippen molar-refractivity contribution in [2.45, 2.75) is 13.8 Å². The van der Waals surface area contributed by atoms with Crippen LogP contribution in [-0.2, 0) is 0 Å². The van der Waals surface area contributed by atoms with Crippen LogP contribution in [0.5, 0.6) is 0 Å². The number of fused-ring (bicyclic) bond motifs is 1. The first-order valence-electron chi connectivity index (χ1n) is 11.2. The molecule has 0 saturated heterocycles. The number of hydrogen-bond donors (Lipinski definition) is 2. The van der Waals surface area contributed by atoms with Gasteiger partial charge in [-0.2, -0.15) is 0 Å². The number of rotatable bonds is 5. The summed E-state index contributed by atoms with van der Waals surface area (Å²) in [5.41, 5.74) is 5.01. The summed E-state index contributed by atoms with van der Waals surface area (Å²) in [6, 6.07) is 20.5. The zero-order chi connectivity index (χ0) is 26.1. The summed E-state index contributed by atoms with van der Waals surface area (Å²) in [7, 11) is 0. The SMILES string of the molecule is Cc1ccc2oc(-c3ccc(C)c(NC(=S)NC(=O)c4ccc(-c5ccccc5[N+](=O)[O-])o4)c3)nc2c1. The molecule has 2 N–H and O–H groups in total. The van der Waals surface area contributed by atoms with E-state index in [1.54, 1.807) is 18.2 Å². The van der Waals surface area contributed by atoms with Gasteiger partial charge in [0, 0.05) is 17.3 Å². The number of nitrogens with one attached hydrogen (secondary N) is 2. The zero-order valence-electron chi connectivity index (χ0n) is 19.8. The summed E-state index contributed by atoms with van der Waals surface area (Å²) in [5.74, 6) is 0.0418. The third-order valence-corrected chi connectivity index (χ3v) is 5.90. The molecule has 0 fully saturated rings. The minimum atomic E-state index is -0.592. The number of nitro benzene ring substituents is 1. The maximum atomic E-state index is 12.7. The van der Waals surface area contributed by atoms with Gasteiger partial charge in [-0.1, -0.05) is 24.3 Å². The fraction of sp³-hybridized carbons (Fsp3) is 0.0741. The number of oxazole rings is 1. The molecule has 0 saturated carbocycles. The summed E-state index contributed by atoms with van der Waals surface area (Å²) in [6.45, 7) is 3.89. The van der Waals surface area contributed by atoms with Crippen molar-refractivity contribution in [2.75, 3.05) is 5.32 Å². The molecule has 184 valence electrons. The number of anilines is 1. The number of furan rings is 1. The predicted molar refractivity (Wildman–Crippen MR) is 143 cm³/mol. The van der Waals surface area contributed by atoms with E-state index in [1.165, 1.54) is 18.2 Å². The number of nitrogens with zero attached hydrogens (tertiary/aromatic N) is 2. The highest BCUT2D eigenvalue weighted by Crippen LogP contribution is 2.31. The van der Waals surface area contributed by atoms with Gasteiger partial charge in [0.2, 0.25) is 5.89 Å². The van der Waals surface area contributed by atoms with E-state index in [0.717, 1.165) is 22.2 Å². The van der Waals surface area contributed by atoms with Crippen LogP contribution >= 0.6 is 12.2 Å². The first kappa shape index (κ1) is 23.9. The number of amides is 1. The molecular formula is C27H20N4O5S. The molecular weight excluding hydrogens is 492 g/mol. The maximum Gasteiger partial charge on any atom is 0.293 e. The smallest absolute Gasteiger partial charge is 0.293 e. The molecule has 0 aliphatic rings. The Hall–Kier alpha value is -4.83. The van der Waals surface area contributed by atoms with Gasteiger partial charge >= 0.3 is 0 Å². The average molecular weight is 513 g/mol. The Balaban J connectivity index is 1.31. The van der Waals surface area contributed by atoms with E-state index in [-0.39, 0.29) is 27.9 Å². The number of benzene rings is 3. The summed E-state index contributed by atoms with van der Waals surface area (Å²) in [4.78, 5) is 28.1. The third-order valence-electron chi connectivity index (χ3n) is 5.70. The molecule has 1 amide bonds. The highest BCUT2D eigenvalue weighted by molar-refractivity contribution is 7.80. The van der Waals surface area contributed by atoms with Crippen molar-refractivity contribution in [3.05, 3.63) is 99.8 Å². The van der Waals surface area contributed by atoms with Crippen molar-refractivity contribution >= 4 is 45.7 Å². The third kappa shape index (κ3) is 4.95. The van der Waals surface area contributed by atoms with Crippen molar-refractivity contribution in [1.82, 2.24) is 10.3 Å². The van der Waals surface area contributed by atoms with Crippen LogP contribution in [-0.4, -0.2) is 20.9 Å². The highest BCUT2D eigenvalue weighted by Gasteiger charge is 2.20. The molecule has 5 aromatic rings. The molecule has 10 heteroatoms. The van der Waals surface area contributed by atoms with Crippen LogP contribution in [0.3, 0.4) is 0 Å². The lowest BCUT2D eigenvalue weighted by Crippen LogP contribution is -2.34. The minimum absolute atomic E-state index is 0.0375. The molecule has 37 heavy (non-hydrogen) atoms. The Morgan fingerprint density at radius 3 is 2.62 bits per heavy atom. The molecule has 5 rings (SSSR count). The van der Waals surface area contributed by atoms with E-state index in [9.17, 15) is 14.9 Å². The largest absolute Gasteiger partial charge is 0.451 e. The lowest BCUT2D eigenvalue weighted by atomic mass is 10.1. The first-order chi connectivity index (χ1) is 17.8. The number of para-hydroxylation sites is 1. The average Bonchev–Trinajstić information content (AvgIpc) is 3.53. The molecule has 0 unspecified atom stereocenters. The van der Waals surface area contributed by atoms with Crippen molar-refractivity contribution < 1.29 is 18.6 Å². The van der Waals surface area contributed by atoms with Crippen LogP contribution in [0.4, 0.5) is 11.4 Å². The standard InChI is InChI=1S/C27H20N4O5S/c1-15-7-10-23-20(13-15)28-26(36-23)17-9-8-16(2)19(14-17)29-27(37)30-25(32)24-12-11-22(35-24)18-5-3-4-6-21(18)31(33)34/h3-14H,1-2H3,(H2,29,30,32,37). The van der Waals surface area contributed by atoms with Crippen molar-refractivity contribution in [2.24, 2.45) is 0 Å². The van der Waals surface area contributed by atoms with E-state index in [1.807, 2.05) is 50.2 Å². The van der Waals surface area contributed by atoms with E-state index in [4.69, 9.17) is 21.1 Å². The maximum absolute atomic E-state index is 12.7. The van der Waals surface area contributed by atoms with Crippen LogP contribution in [0, 0.1) is 24.0 Å². The van der Waals surface area contributed by atoms with Gasteiger partial charge in [-0.25, -0.2) is 4.98 Å². The first-order valence-corrected chi connectivity index (χ1v) is 11.6. The Kier molecular flexibility index (Phi) is 6.24. The van der Waals surface area contributed by atoms with E-state index < -0.39 is 10.8 Å². The van der Waals surface area contributed by atoms with Gasteiger partial charge in [0.1, 0.15) is 11.3 Å². The Bertz CT molecular complexity index is 1690. The number of nitro groups is 1. The van der Waals surface area contributed by atoms with Crippen molar-refractivity contribution in [3.8, 4) is 22.8 Å². The quantitative estimate of drug-likeness (QED) is 0.157. The zero-order valence-corrected chi connectivity index (χ0v) is 20.6. The summed E-state index contributed by atoms with van der Waals surface area (Å²) >= 11 is 5.34. The molecule has 0 aliphatic heterocycles. The van der Waals surface area contributed by atoms with E-state index in [0.29, 0.717) is 17.2 Å². The van der Waals surface area contributed by atoms with Crippen LogP contribution in [0.15, 0.2) is 81.6 Å². The summed E-state index contributed by atoms with van der Waals surface area (Å²) in [5, 5.41) is 17.0. The Morgan fingerprint density at radius 2 is 1.81 bits per heavy atom. The molecule has 9 nitrogen and oxygen atoms in total. The van der Waals surface area contributed by atoms with Gasteiger partial charge < -0.3 is 14.2 Å². The second-order valence-corrected chi connectivity index (χ2v) is 8.77. The van der Waals surface area contributed by atoms with E-state index in [2.05, 4.69) is 15.6 Å². The van der Waals surface area contributed by atoms with Crippen LogP contribution in [0.25, 0.3) is 33.9 Å². The van der Waals surface area contributed by atoms with Crippen molar-refractivity contribution in [3.63, 3.8) is 0 Å². The molecule has 2 heterocycles. The topological polar surface area (TPSA) is 123 Å². The van der Waals surface area contributed by atoms with Gasteiger partial charge in [0.15, 0.2) is 16.5 Å². The van der Waals surface area contributed by atoms with Gasteiger partial charge in [-0.15, -0.1) is 0 Å². The van der Waals surface area contributed by atoms with Crippen LogP contribution in [0.2, 0.25) is 0 Å². The monoisotopic (exact) mass is 512 g/mol. The lowest BCUT2D eigenvalue weighted by Gasteiger charge is -2.12. The molecule has 0 bridgehead atoms. The number of aromatic nitrogens is 1. The van der Waals surface area contributed by atoms with Gasteiger partial charge in [0.05, 0.1) is 10.5 Å².